The van der Waals surface area contributed by atoms with E-state index in [1.165, 1.54) is 30.5 Å². The van der Waals surface area contributed by atoms with Crippen molar-refractivity contribution < 1.29 is 18.0 Å². The second-order valence-electron chi connectivity index (χ2n) is 5.47. The van der Waals surface area contributed by atoms with Crippen LogP contribution in [0.3, 0.4) is 0 Å². The van der Waals surface area contributed by atoms with Crippen LogP contribution in [0.4, 0.5) is 20.2 Å². The van der Waals surface area contributed by atoms with Gasteiger partial charge in [-0.2, -0.15) is 4.39 Å². The number of aromatic nitrogens is 3. The lowest BCUT2D eigenvalue weighted by Gasteiger charge is -2.06. The van der Waals surface area contributed by atoms with Gasteiger partial charge in [0, 0.05) is 29.7 Å². The number of hydrogen-bond donors (Lipinski definition) is 2. The molecule has 3 heterocycles. The van der Waals surface area contributed by atoms with E-state index in [1.54, 1.807) is 16.8 Å². The fourth-order valence-electron chi connectivity index (χ4n) is 2.46. The van der Waals surface area contributed by atoms with Crippen LogP contribution in [0, 0.1) is 11.8 Å². The number of fused-ring (bicyclic) bond motifs is 1. The monoisotopic (exact) mass is 355 g/mol. The normalized spacial score (nSPS) is 11.0. The lowest BCUT2D eigenvalue weighted by Crippen LogP contribution is -2.11. The first kappa shape index (κ1) is 15.8. The molecule has 26 heavy (non-hydrogen) atoms. The van der Waals surface area contributed by atoms with Crippen molar-refractivity contribution in [3.63, 3.8) is 0 Å². The molecule has 0 spiro atoms. The second-order valence-corrected chi connectivity index (χ2v) is 5.47. The van der Waals surface area contributed by atoms with E-state index in [0.29, 0.717) is 22.8 Å². The van der Waals surface area contributed by atoms with E-state index in [9.17, 15) is 13.6 Å². The topological polar surface area (TPSA) is 98.5 Å². The number of hydrogen-bond acceptors (Lipinski definition) is 5. The number of imidazole rings is 1. The van der Waals surface area contributed by atoms with E-state index in [2.05, 4.69) is 19.7 Å². The van der Waals surface area contributed by atoms with Gasteiger partial charge in [0.05, 0.1) is 17.6 Å². The number of furan rings is 1. The van der Waals surface area contributed by atoms with E-state index in [4.69, 9.17) is 5.73 Å². The van der Waals surface area contributed by atoms with Crippen LogP contribution >= 0.6 is 0 Å². The van der Waals surface area contributed by atoms with Gasteiger partial charge >= 0.3 is 0 Å². The van der Waals surface area contributed by atoms with Gasteiger partial charge in [-0.1, -0.05) is 0 Å². The number of amides is 1. The number of benzene rings is 1. The van der Waals surface area contributed by atoms with Gasteiger partial charge in [0.15, 0.2) is 5.76 Å². The van der Waals surface area contributed by atoms with Crippen LogP contribution in [0.1, 0.15) is 10.6 Å². The molecule has 3 aromatic heterocycles. The average Bonchev–Trinajstić information content (AvgIpc) is 3.22. The van der Waals surface area contributed by atoms with Gasteiger partial charge in [-0.3, -0.25) is 9.20 Å². The fraction of sp³-hybridized carbons (Fsp3) is 0. The summed E-state index contributed by atoms with van der Waals surface area (Å²) in [5.41, 5.74) is 6.89. The zero-order valence-electron chi connectivity index (χ0n) is 13.1. The number of nitrogens with one attached hydrogen (secondary N) is 1. The van der Waals surface area contributed by atoms with E-state index >= 15 is 0 Å². The highest BCUT2D eigenvalue weighted by atomic mass is 19.1. The highest BCUT2D eigenvalue weighted by Crippen LogP contribution is 2.26. The molecule has 0 aliphatic carbocycles. The molecule has 4 aromatic rings. The van der Waals surface area contributed by atoms with Crippen LogP contribution in [0.2, 0.25) is 0 Å². The molecular formula is C17H11F2N5O2. The molecule has 9 heteroatoms. The number of nitrogens with two attached hydrogens (primary N) is 1. The molecule has 0 radical (unpaired) electrons. The highest BCUT2D eigenvalue weighted by molar-refractivity contribution is 6.02. The molecule has 0 aliphatic heterocycles. The van der Waals surface area contributed by atoms with Gasteiger partial charge in [-0.05, 0) is 24.3 Å². The maximum Gasteiger partial charge on any atom is 0.291 e. The van der Waals surface area contributed by atoms with Gasteiger partial charge < -0.3 is 15.5 Å². The predicted molar refractivity (Wildman–Crippen MR) is 89.4 cm³/mol. The smallest absolute Gasteiger partial charge is 0.291 e. The van der Waals surface area contributed by atoms with Crippen molar-refractivity contribution in [2.24, 2.45) is 0 Å². The van der Waals surface area contributed by atoms with E-state index < -0.39 is 17.7 Å². The third kappa shape index (κ3) is 2.86. The molecule has 1 amide bonds. The third-order valence-corrected chi connectivity index (χ3v) is 3.63. The Hall–Kier alpha value is -3.75. The Morgan fingerprint density at radius 2 is 2.04 bits per heavy atom. The van der Waals surface area contributed by atoms with E-state index in [-0.39, 0.29) is 11.3 Å². The minimum absolute atomic E-state index is 0.164. The molecule has 0 saturated heterocycles. The van der Waals surface area contributed by atoms with Gasteiger partial charge in [0.1, 0.15) is 5.82 Å². The molecule has 0 fully saturated rings. The van der Waals surface area contributed by atoms with E-state index in [0.717, 1.165) is 6.07 Å². The molecule has 3 N–H and O–H groups in total. The molecule has 0 bridgehead atoms. The van der Waals surface area contributed by atoms with Crippen molar-refractivity contribution in [1.29, 1.82) is 0 Å². The standard InChI is InChI=1S/C17H11F2N5O2/c18-12-2-1-10(22-16(25)14-3-4-15(19)26-14)5-11(12)13-8-24-7-9(20)6-21-17(24)23-13/h1-8H,20H2,(H,22,25). The quantitative estimate of drug-likeness (QED) is 0.588. The van der Waals surface area contributed by atoms with Gasteiger partial charge in [0.25, 0.3) is 11.9 Å². The summed E-state index contributed by atoms with van der Waals surface area (Å²) in [6.45, 7) is 0. The minimum atomic E-state index is -0.869. The molecule has 7 nitrogen and oxygen atoms in total. The van der Waals surface area contributed by atoms with Gasteiger partial charge in [0.2, 0.25) is 5.78 Å². The molecule has 0 aliphatic rings. The van der Waals surface area contributed by atoms with Crippen molar-refractivity contribution in [3.8, 4) is 11.3 Å². The summed E-state index contributed by atoms with van der Waals surface area (Å²) in [5.74, 6) is -1.02. The summed E-state index contributed by atoms with van der Waals surface area (Å²) in [4.78, 5) is 20.3. The Morgan fingerprint density at radius 1 is 1.19 bits per heavy atom. The van der Waals surface area contributed by atoms with Crippen LogP contribution in [-0.2, 0) is 0 Å². The Labute approximate surface area is 145 Å². The van der Waals surface area contributed by atoms with Crippen molar-refractivity contribution in [3.05, 3.63) is 66.5 Å². The first-order valence-electron chi connectivity index (χ1n) is 7.46. The summed E-state index contributed by atoms with van der Waals surface area (Å²) < 4.78 is 33.3. The number of rotatable bonds is 3. The summed E-state index contributed by atoms with van der Waals surface area (Å²) in [7, 11) is 0. The zero-order chi connectivity index (χ0) is 18.3. The number of anilines is 2. The molecule has 0 saturated carbocycles. The third-order valence-electron chi connectivity index (χ3n) is 3.63. The number of nitrogen functional groups attached to an aromatic ring is 1. The van der Waals surface area contributed by atoms with E-state index in [1.807, 2.05) is 0 Å². The number of carbonyl (C=O) groups excluding carboxylic acids is 1. The van der Waals surface area contributed by atoms with Crippen LogP contribution in [0.15, 0.2) is 53.3 Å². The van der Waals surface area contributed by atoms with Crippen molar-refractivity contribution in [2.75, 3.05) is 11.1 Å². The minimum Gasteiger partial charge on any atom is -0.426 e. The number of nitrogens with zero attached hydrogens (tertiary/aromatic N) is 3. The Bertz CT molecular complexity index is 1140. The maximum atomic E-state index is 14.3. The Kier molecular flexibility index (Phi) is 3.61. The number of carbonyl (C=O) groups is 1. The van der Waals surface area contributed by atoms with Crippen LogP contribution in [-0.4, -0.2) is 20.3 Å². The van der Waals surface area contributed by atoms with Crippen molar-refractivity contribution in [2.45, 2.75) is 0 Å². The molecule has 0 unspecified atom stereocenters. The largest absolute Gasteiger partial charge is 0.426 e. The van der Waals surface area contributed by atoms with Crippen LogP contribution in [0.5, 0.6) is 0 Å². The summed E-state index contributed by atoms with van der Waals surface area (Å²) >= 11 is 0. The molecule has 130 valence electrons. The Balaban J connectivity index is 1.68. The van der Waals surface area contributed by atoms with Gasteiger partial charge in [-0.25, -0.2) is 14.4 Å². The summed E-state index contributed by atoms with van der Waals surface area (Å²) in [6, 6.07) is 5.35. The van der Waals surface area contributed by atoms with Gasteiger partial charge in [-0.15, -0.1) is 0 Å². The SMILES string of the molecule is Nc1cnc2nc(-c3cc(NC(=O)c4ccc(F)o4)ccc3F)cn2c1. The average molecular weight is 355 g/mol. The van der Waals surface area contributed by atoms with Crippen LogP contribution < -0.4 is 11.1 Å². The Morgan fingerprint density at radius 3 is 2.81 bits per heavy atom. The zero-order valence-corrected chi connectivity index (χ0v) is 13.1. The molecule has 4 rings (SSSR count). The fourth-order valence-corrected chi connectivity index (χ4v) is 2.46. The second kappa shape index (κ2) is 5.96. The van der Waals surface area contributed by atoms with Crippen molar-refractivity contribution >= 4 is 23.1 Å². The molecular weight excluding hydrogens is 344 g/mol. The molecule has 0 atom stereocenters. The number of halogens is 2. The first-order chi connectivity index (χ1) is 12.5. The summed E-state index contributed by atoms with van der Waals surface area (Å²) in [6.07, 6.45) is 4.63. The summed E-state index contributed by atoms with van der Waals surface area (Å²) in [5, 5.41) is 2.52. The first-order valence-corrected chi connectivity index (χ1v) is 7.46. The predicted octanol–water partition coefficient (Wildman–Crippen LogP) is 3.10. The maximum absolute atomic E-state index is 14.3. The lowest BCUT2D eigenvalue weighted by molar-refractivity contribution is 0.0988. The van der Waals surface area contributed by atoms with Crippen LogP contribution in [0.25, 0.3) is 17.0 Å². The molecule has 1 aromatic carbocycles. The van der Waals surface area contributed by atoms with Crippen molar-refractivity contribution in [1.82, 2.24) is 14.4 Å². The lowest BCUT2D eigenvalue weighted by atomic mass is 10.1. The highest BCUT2D eigenvalue weighted by Gasteiger charge is 2.15.